The molecule has 0 bridgehead atoms. The van der Waals surface area contributed by atoms with E-state index in [9.17, 15) is 0 Å². The molecular weight excluding hydrogens is 844 g/mol. The third-order valence-corrected chi connectivity index (χ3v) is 10.2. The van der Waals surface area contributed by atoms with Gasteiger partial charge in [-0.05, 0) is 91.1 Å². The molecule has 0 saturated heterocycles. The van der Waals surface area contributed by atoms with Gasteiger partial charge in [-0.1, -0.05) is 99.4 Å². The van der Waals surface area contributed by atoms with Crippen LogP contribution in [0.25, 0.3) is 55.7 Å². The summed E-state index contributed by atoms with van der Waals surface area (Å²) in [6.07, 6.45) is 2.82. The Hall–Kier alpha value is -5.25. The summed E-state index contributed by atoms with van der Waals surface area (Å²) in [5, 5.41) is 7.49. The fourth-order valence-electron chi connectivity index (χ4n) is 7.66. The average molecular weight is 888 g/mol. The number of ether oxygens (including phenoxy) is 1. The molecule has 272 valence electrons. The van der Waals surface area contributed by atoms with Gasteiger partial charge >= 0.3 is 21.1 Å². The van der Waals surface area contributed by atoms with E-state index >= 15 is 0 Å². The van der Waals surface area contributed by atoms with Crippen LogP contribution in [0.3, 0.4) is 0 Å². The molecule has 0 N–H and O–H groups in total. The zero-order valence-corrected chi connectivity index (χ0v) is 34.4. The molecule has 6 heteroatoms. The number of fused-ring (bicyclic) bond motifs is 3. The van der Waals surface area contributed by atoms with Crippen molar-refractivity contribution in [2.24, 2.45) is 0 Å². The summed E-state index contributed by atoms with van der Waals surface area (Å²) < 4.78 is 11.0. The molecule has 0 unspecified atom stereocenters. The van der Waals surface area contributed by atoms with Crippen LogP contribution in [0.5, 0.6) is 11.5 Å². The van der Waals surface area contributed by atoms with Gasteiger partial charge in [-0.15, -0.1) is 41.3 Å². The zero-order chi connectivity index (χ0) is 37.0. The Balaban J connectivity index is 0.00000450. The van der Waals surface area contributed by atoms with Crippen LogP contribution < -0.4 is 4.74 Å². The van der Waals surface area contributed by atoms with Crippen molar-refractivity contribution in [1.82, 2.24) is 19.3 Å². The van der Waals surface area contributed by atoms with Crippen LogP contribution in [0.1, 0.15) is 61.2 Å². The number of benzene rings is 5. The van der Waals surface area contributed by atoms with Gasteiger partial charge in [0, 0.05) is 34.3 Å². The number of aryl methyl sites for hydroxylation is 5. The third kappa shape index (κ3) is 6.71. The number of para-hydroxylation sites is 1. The number of aromatic nitrogens is 4. The predicted octanol–water partition coefficient (Wildman–Crippen LogP) is 12.2. The maximum absolute atomic E-state index is 6.75. The molecule has 0 fully saturated rings. The molecule has 8 rings (SSSR count). The van der Waals surface area contributed by atoms with Crippen LogP contribution in [-0.4, -0.2) is 19.3 Å². The zero-order valence-electron chi connectivity index (χ0n) is 32.1. The molecule has 3 heterocycles. The topological polar surface area (TPSA) is 44.9 Å². The largest absolute Gasteiger partial charge is 2.00 e. The van der Waals surface area contributed by atoms with Crippen LogP contribution in [0.2, 0.25) is 0 Å². The van der Waals surface area contributed by atoms with Crippen molar-refractivity contribution in [2.75, 3.05) is 0 Å². The number of nitrogens with zero attached hydrogens (tertiary/aromatic N) is 4. The van der Waals surface area contributed by atoms with E-state index in [1.165, 1.54) is 27.8 Å². The summed E-state index contributed by atoms with van der Waals surface area (Å²) in [6, 6.07) is 43.4. The average Bonchev–Trinajstić information content (AvgIpc) is 3.65. The molecule has 0 saturated carbocycles. The second-order valence-corrected chi connectivity index (χ2v) is 15.1. The van der Waals surface area contributed by atoms with Gasteiger partial charge in [0.1, 0.15) is 5.82 Å². The summed E-state index contributed by atoms with van der Waals surface area (Å²) in [6.45, 7) is 17.5. The summed E-state index contributed by atoms with van der Waals surface area (Å²) in [4.78, 5) is 4.79. The smallest absolute Gasteiger partial charge is 0.509 e. The first-order valence-electron chi connectivity index (χ1n) is 18.4. The van der Waals surface area contributed by atoms with Gasteiger partial charge in [0.25, 0.3) is 0 Å². The molecule has 0 radical (unpaired) electrons. The van der Waals surface area contributed by atoms with E-state index in [0.717, 1.165) is 67.8 Å². The second-order valence-electron chi connectivity index (χ2n) is 15.1. The van der Waals surface area contributed by atoms with Gasteiger partial charge in [0.15, 0.2) is 0 Å². The fourth-order valence-corrected chi connectivity index (χ4v) is 7.66. The molecule has 5 nitrogen and oxygen atoms in total. The molecule has 0 atom stereocenters. The van der Waals surface area contributed by atoms with Crippen LogP contribution in [0.4, 0.5) is 0 Å². The van der Waals surface area contributed by atoms with Crippen molar-refractivity contribution in [1.29, 1.82) is 0 Å². The summed E-state index contributed by atoms with van der Waals surface area (Å²) in [5.74, 6) is 2.08. The molecule has 0 amide bonds. The van der Waals surface area contributed by atoms with Crippen LogP contribution in [-0.2, 0) is 32.9 Å². The van der Waals surface area contributed by atoms with Crippen molar-refractivity contribution in [3.63, 3.8) is 0 Å². The Kier molecular flexibility index (Phi) is 9.98. The Morgan fingerprint density at radius 1 is 0.722 bits per heavy atom. The van der Waals surface area contributed by atoms with Crippen molar-refractivity contribution >= 4 is 21.8 Å². The summed E-state index contributed by atoms with van der Waals surface area (Å²) in [7, 11) is 0. The minimum Gasteiger partial charge on any atom is -0.509 e. The first-order valence-corrected chi connectivity index (χ1v) is 18.4. The maximum atomic E-state index is 6.75. The Labute approximate surface area is 332 Å². The molecule has 0 aliphatic rings. The Morgan fingerprint density at radius 3 is 2.17 bits per heavy atom. The summed E-state index contributed by atoms with van der Waals surface area (Å²) >= 11 is 0. The minimum absolute atomic E-state index is 0. The van der Waals surface area contributed by atoms with Gasteiger partial charge in [0.2, 0.25) is 0 Å². The molecule has 5 aromatic carbocycles. The standard InChI is InChI=1S/C48H44N4O.Pt/c1-9-34-21-22-49-44(25-34)51-42-18-14-13-17-40(42)41-20-19-38(29-43(41)51)53-39-27-36(48(6,7)8)26-37(28-39)52-47(35-15-11-10-12-16-35)46(33(5)50-52)45-31(3)23-30(2)24-32(45)4;/h10-27H,9H2,1-8H3;/q-2;+2. The van der Waals surface area contributed by atoms with Crippen molar-refractivity contribution in [2.45, 2.75) is 67.2 Å². The molecule has 54 heavy (non-hydrogen) atoms. The number of rotatable bonds is 7. The molecule has 0 spiro atoms. The third-order valence-electron chi connectivity index (χ3n) is 10.2. The molecule has 8 aromatic rings. The van der Waals surface area contributed by atoms with E-state index in [0.29, 0.717) is 11.5 Å². The minimum atomic E-state index is -0.167. The molecule has 3 aromatic heterocycles. The predicted molar refractivity (Wildman–Crippen MR) is 218 cm³/mol. The number of pyridine rings is 1. The van der Waals surface area contributed by atoms with E-state index in [2.05, 4.69) is 174 Å². The van der Waals surface area contributed by atoms with Crippen molar-refractivity contribution < 1.29 is 25.8 Å². The number of hydrogen-bond acceptors (Lipinski definition) is 3. The first-order chi connectivity index (χ1) is 25.5. The maximum Gasteiger partial charge on any atom is 2.00 e. The van der Waals surface area contributed by atoms with E-state index in [-0.39, 0.29) is 26.5 Å². The molecule has 0 aliphatic heterocycles. The first kappa shape index (κ1) is 37.1. The summed E-state index contributed by atoms with van der Waals surface area (Å²) in [5.41, 5.74) is 14.2. The second kappa shape index (κ2) is 14.5. The molecular formula is C48H44N4OPt. The van der Waals surface area contributed by atoms with Crippen LogP contribution in [0.15, 0.2) is 109 Å². The van der Waals surface area contributed by atoms with E-state index in [4.69, 9.17) is 14.8 Å². The molecule has 0 aliphatic carbocycles. The van der Waals surface area contributed by atoms with Crippen LogP contribution >= 0.6 is 0 Å². The van der Waals surface area contributed by atoms with E-state index < -0.39 is 0 Å². The SMILES string of the molecule is CCc1ccnc(-n2c3[c-]c(Oc4[c-]c(-n5nc(C)c(-c6c(C)cc(C)cc6C)c5-c5ccccc5)cc(C(C)(C)C)c4)ccc3c3ccccc32)c1.[Pt+2]. The van der Waals surface area contributed by atoms with Crippen molar-refractivity contribution in [3.8, 4) is 45.4 Å². The van der Waals surface area contributed by atoms with Gasteiger partial charge in [-0.25, -0.2) is 4.98 Å². The monoisotopic (exact) mass is 887 g/mol. The fraction of sp³-hybridized carbons (Fsp3) is 0.208. The van der Waals surface area contributed by atoms with Crippen LogP contribution in [0, 0.1) is 39.8 Å². The quantitative estimate of drug-likeness (QED) is 0.150. The van der Waals surface area contributed by atoms with E-state index in [1.807, 2.05) is 12.3 Å². The van der Waals surface area contributed by atoms with Gasteiger partial charge in [-0.2, -0.15) is 11.2 Å². The normalized spacial score (nSPS) is 11.6. The van der Waals surface area contributed by atoms with Gasteiger partial charge in [-0.3, -0.25) is 4.68 Å². The Bertz CT molecular complexity index is 2640. The van der Waals surface area contributed by atoms with Gasteiger partial charge < -0.3 is 9.30 Å². The van der Waals surface area contributed by atoms with Gasteiger partial charge in [0.05, 0.1) is 11.4 Å². The van der Waals surface area contributed by atoms with Crippen molar-refractivity contribution in [3.05, 3.63) is 155 Å². The Morgan fingerprint density at radius 2 is 1.44 bits per heavy atom. The van der Waals surface area contributed by atoms with E-state index in [1.54, 1.807) is 0 Å². The number of hydrogen-bond donors (Lipinski definition) is 0.